The molecule has 0 saturated carbocycles. The number of rotatable bonds is 8. The van der Waals surface area contributed by atoms with Gasteiger partial charge in [0.1, 0.15) is 11.4 Å². The molecule has 0 bridgehead atoms. The van der Waals surface area contributed by atoms with Gasteiger partial charge in [0.05, 0.1) is 32.6 Å². The molecule has 2 atom stereocenters. The van der Waals surface area contributed by atoms with Crippen LogP contribution in [0.5, 0.6) is 5.75 Å². The van der Waals surface area contributed by atoms with E-state index in [4.69, 9.17) is 25.8 Å². The quantitative estimate of drug-likeness (QED) is 0.363. The van der Waals surface area contributed by atoms with Crippen molar-refractivity contribution in [2.75, 3.05) is 20.8 Å². The number of carbonyl (C=O) groups excluding carboxylic acids is 2. The van der Waals surface area contributed by atoms with Crippen molar-refractivity contribution in [1.82, 2.24) is 5.32 Å². The molecule has 0 aliphatic rings. The highest BCUT2D eigenvalue weighted by molar-refractivity contribution is 6.31. The number of alkyl carbamates (subject to hydrolysis) is 1. The summed E-state index contributed by atoms with van der Waals surface area (Å²) in [6.07, 6.45) is -0.853. The molecule has 0 fully saturated rings. The minimum Gasteiger partial charge on any atom is -0.496 e. The van der Waals surface area contributed by atoms with Crippen molar-refractivity contribution in [2.45, 2.75) is 58.6 Å². The molecule has 30 heavy (non-hydrogen) atoms. The molecule has 1 rings (SSSR count). The van der Waals surface area contributed by atoms with E-state index in [0.29, 0.717) is 27.5 Å². The fourth-order valence-electron chi connectivity index (χ4n) is 3.09. The van der Waals surface area contributed by atoms with Crippen LogP contribution in [0.2, 0.25) is 5.02 Å². The molecule has 9 nitrogen and oxygen atoms in total. The maximum absolute atomic E-state index is 12.2. The number of hydrogen-bond donors (Lipinski definition) is 1. The minimum atomic E-state index is -0.825. The first-order valence-corrected chi connectivity index (χ1v) is 9.73. The van der Waals surface area contributed by atoms with Crippen molar-refractivity contribution in [3.8, 4) is 5.75 Å². The lowest BCUT2D eigenvalue weighted by Gasteiger charge is -2.26. The van der Waals surface area contributed by atoms with Gasteiger partial charge in [-0.05, 0) is 46.2 Å². The van der Waals surface area contributed by atoms with E-state index < -0.39 is 41.1 Å². The summed E-state index contributed by atoms with van der Waals surface area (Å²) >= 11 is 6.40. The van der Waals surface area contributed by atoms with Gasteiger partial charge in [-0.25, -0.2) is 4.79 Å². The second-order valence-corrected chi connectivity index (χ2v) is 8.29. The minimum absolute atomic E-state index is 0.220. The molecule has 0 spiro atoms. The van der Waals surface area contributed by atoms with Crippen molar-refractivity contribution in [1.29, 1.82) is 0 Å². The summed E-state index contributed by atoms with van der Waals surface area (Å²) in [5, 5.41) is 14.3. The van der Waals surface area contributed by atoms with Crippen molar-refractivity contribution >= 4 is 23.7 Å². The van der Waals surface area contributed by atoms with E-state index in [1.807, 2.05) is 0 Å². The van der Waals surface area contributed by atoms with Crippen LogP contribution in [0, 0.1) is 17.0 Å². The third kappa shape index (κ3) is 7.05. The lowest BCUT2D eigenvalue weighted by Crippen LogP contribution is -2.34. The molecule has 0 aliphatic heterocycles. The highest BCUT2D eigenvalue weighted by atomic mass is 35.5. The first-order chi connectivity index (χ1) is 13.8. The molecule has 1 N–H and O–H groups in total. The van der Waals surface area contributed by atoms with E-state index in [1.54, 1.807) is 40.7 Å². The number of nitrogens with zero attached hydrogens (tertiary/aromatic N) is 1. The van der Waals surface area contributed by atoms with Gasteiger partial charge < -0.3 is 19.5 Å². The number of nitrogens with one attached hydrogen (secondary N) is 1. The first-order valence-electron chi connectivity index (χ1n) is 9.35. The molecule has 1 aromatic rings. The van der Waals surface area contributed by atoms with Crippen LogP contribution in [0.4, 0.5) is 4.79 Å². The second kappa shape index (κ2) is 10.5. The van der Waals surface area contributed by atoms with Crippen LogP contribution in [0.1, 0.15) is 62.8 Å². The largest absolute Gasteiger partial charge is 0.496 e. The summed E-state index contributed by atoms with van der Waals surface area (Å²) in [7, 11) is 2.63. The lowest BCUT2D eigenvalue weighted by molar-refractivity contribution is -0.483. The molecule has 10 heteroatoms. The van der Waals surface area contributed by atoms with Crippen molar-refractivity contribution in [2.24, 2.45) is 0 Å². The van der Waals surface area contributed by atoms with E-state index in [9.17, 15) is 19.7 Å². The monoisotopic (exact) mass is 444 g/mol. The maximum atomic E-state index is 12.2. The SMILES string of the molecule is COC(=O)CC(C[N+](=O)[O-])c1c(C)c(Cl)cc(C(C)NC(=O)OC(C)(C)C)c1OC. The van der Waals surface area contributed by atoms with Crippen LogP contribution in [0.3, 0.4) is 0 Å². The number of hydrogen-bond acceptors (Lipinski definition) is 7. The number of carbonyl (C=O) groups is 2. The zero-order valence-electron chi connectivity index (χ0n) is 18.3. The zero-order valence-corrected chi connectivity index (χ0v) is 19.1. The van der Waals surface area contributed by atoms with E-state index in [2.05, 4.69) is 5.32 Å². The Labute approximate surface area is 181 Å². The fraction of sp³-hybridized carbons (Fsp3) is 0.600. The van der Waals surface area contributed by atoms with Crippen molar-refractivity contribution in [3.05, 3.63) is 37.9 Å². The number of benzene rings is 1. The van der Waals surface area contributed by atoms with Crippen LogP contribution in [-0.4, -0.2) is 43.4 Å². The van der Waals surface area contributed by atoms with Gasteiger partial charge >= 0.3 is 12.1 Å². The Morgan fingerprint density at radius 2 is 1.90 bits per heavy atom. The van der Waals surface area contributed by atoms with Gasteiger partial charge in [0.15, 0.2) is 0 Å². The molecule has 168 valence electrons. The molecule has 1 amide bonds. The van der Waals surface area contributed by atoms with E-state index in [-0.39, 0.29) is 6.42 Å². The molecule has 0 aromatic heterocycles. The van der Waals surface area contributed by atoms with Crippen LogP contribution in [-0.2, 0) is 14.3 Å². The summed E-state index contributed by atoms with van der Waals surface area (Å²) in [5.74, 6) is -1.10. The smallest absolute Gasteiger partial charge is 0.408 e. The van der Waals surface area contributed by atoms with Crippen LogP contribution in [0.25, 0.3) is 0 Å². The molecule has 0 aliphatic carbocycles. The molecule has 1 aromatic carbocycles. The topological polar surface area (TPSA) is 117 Å². The highest BCUT2D eigenvalue weighted by Crippen LogP contribution is 2.41. The fourth-order valence-corrected chi connectivity index (χ4v) is 3.31. The van der Waals surface area contributed by atoms with E-state index in [1.165, 1.54) is 14.2 Å². The molecule has 2 unspecified atom stereocenters. The van der Waals surface area contributed by atoms with Gasteiger partial charge in [-0.1, -0.05) is 11.6 Å². The summed E-state index contributed by atoms with van der Waals surface area (Å²) in [4.78, 5) is 34.8. The Hall–Kier alpha value is -2.55. The molecule has 0 heterocycles. The van der Waals surface area contributed by atoms with Crippen LogP contribution in [0.15, 0.2) is 6.07 Å². The Balaban J connectivity index is 3.46. The Bertz CT molecular complexity index is 805. The van der Waals surface area contributed by atoms with Crippen molar-refractivity contribution in [3.63, 3.8) is 0 Å². The third-order valence-electron chi connectivity index (χ3n) is 4.37. The van der Waals surface area contributed by atoms with Gasteiger partial charge in [0.25, 0.3) is 0 Å². The first kappa shape index (κ1) is 25.5. The lowest BCUT2D eigenvalue weighted by atomic mass is 9.88. The molecular weight excluding hydrogens is 416 g/mol. The van der Waals surface area contributed by atoms with Gasteiger partial charge in [-0.3, -0.25) is 14.9 Å². The summed E-state index contributed by atoms with van der Waals surface area (Å²) in [5.41, 5.74) is 0.811. The number of esters is 1. The number of methoxy groups -OCH3 is 2. The molecular formula is C20H29ClN2O7. The standard InChI is InChI=1S/C20H29ClN2O7/c1-11-15(21)9-14(12(2)22-19(25)30-20(3,4)5)18(29-7)17(11)13(10-23(26)27)8-16(24)28-6/h9,12-13H,8,10H2,1-7H3,(H,22,25). The van der Waals surface area contributed by atoms with E-state index in [0.717, 1.165) is 0 Å². The van der Waals surface area contributed by atoms with Crippen LogP contribution >= 0.6 is 11.6 Å². The summed E-state index contributed by atoms with van der Waals surface area (Å²) < 4.78 is 15.5. The normalized spacial score (nSPS) is 13.2. The predicted octanol–water partition coefficient (Wildman–Crippen LogP) is 4.17. The zero-order chi connectivity index (χ0) is 23.2. The summed E-state index contributed by atoms with van der Waals surface area (Å²) in [6.45, 7) is 8.12. The number of ether oxygens (including phenoxy) is 3. The third-order valence-corrected chi connectivity index (χ3v) is 4.77. The maximum Gasteiger partial charge on any atom is 0.408 e. The van der Waals surface area contributed by atoms with Gasteiger partial charge in [-0.15, -0.1) is 0 Å². The average Bonchev–Trinajstić information content (AvgIpc) is 2.60. The summed E-state index contributed by atoms with van der Waals surface area (Å²) in [6, 6.07) is 1.05. The Morgan fingerprint density at radius 3 is 2.37 bits per heavy atom. The Kier molecular flexibility index (Phi) is 8.90. The van der Waals surface area contributed by atoms with Gasteiger partial charge in [0.2, 0.25) is 6.54 Å². The molecule has 0 radical (unpaired) electrons. The molecule has 0 saturated heterocycles. The van der Waals surface area contributed by atoms with E-state index >= 15 is 0 Å². The predicted molar refractivity (Wildman–Crippen MR) is 112 cm³/mol. The number of halogens is 1. The second-order valence-electron chi connectivity index (χ2n) is 7.88. The number of nitro groups is 1. The van der Waals surface area contributed by atoms with Crippen LogP contribution < -0.4 is 10.1 Å². The van der Waals surface area contributed by atoms with Gasteiger partial charge in [0, 0.05) is 21.1 Å². The van der Waals surface area contributed by atoms with Gasteiger partial charge in [-0.2, -0.15) is 0 Å². The highest BCUT2D eigenvalue weighted by Gasteiger charge is 2.31. The Morgan fingerprint density at radius 1 is 1.30 bits per heavy atom. The number of amides is 1. The average molecular weight is 445 g/mol. The van der Waals surface area contributed by atoms with Crippen molar-refractivity contribution < 1.29 is 28.7 Å².